The highest BCUT2D eigenvalue weighted by atomic mass is 19.4. The van der Waals surface area contributed by atoms with Gasteiger partial charge in [0.1, 0.15) is 12.4 Å². The molecule has 11 heteroatoms. The fourth-order valence-electron chi connectivity index (χ4n) is 1.30. The van der Waals surface area contributed by atoms with Gasteiger partial charge in [-0.2, -0.15) is 9.94 Å². The van der Waals surface area contributed by atoms with Gasteiger partial charge in [-0.15, -0.1) is 18.3 Å². The largest absolute Gasteiger partial charge is 0.522 e. The lowest BCUT2D eigenvalue weighted by atomic mass is 10.5. The van der Waals surface area contributed by atoms with Crippen molar-refractivity contribution >= 4 is 5.65 Å². The maximum atomic E-state index is 11.8. The van der Waals surface area contributed by atoms with Gasteiger partial charge in [0.2, 0.25) is 5.65 Å². The maximum Gasteiger partial charge on any atom is 0.522 e. The standard InChI is InChI=1S/C8H5F3N6O2/c9-8(10,11)19-2-1-17-7(18)16-4-13-5(3-12)6(16)14-15-17/h4H,1-2H2. The molecule has 2 aromatic rings. The van der Waals surface area contributed by atoms with Crippen molar-refractivity contribution in [3.63, 3.8) is 0 Å². The SMILES string of the molecule is N#Cc1ncn2c(=O)n(CCOC(F)(F)F)nnc12. The van der Waals surface area contributed by atoms with E-state index in [9.17, 15) is 18.0 Å². The number of hydrogen-bond acceptors (Lipinski definition) is 6. The Balaban J connectivity index is 2.24. The zero-order valence-electron chi connectivity index (χ0n) is 9.13. The highest BCUT2D eigenvalue weighted by Gasteiger charge is 2.28. The molecule has 0 aliphatic rings. The fourth-order valence-corrected chi connectivity index (χ4v) is 1.30. The van der Waals surface area contributed by atoms with E-state index in [1.807, 2.05) is 0 Å². The molecule has 0 unspecified atom stereocenters. The summed E-state index contributed by atoms with van der Waals surface area (Å²) in [4.78, 5) is 15.4. The molecule has 0 saturated carbocycles. The normalized spacial score (nSPS) is 11.7. The second-order valence-corrected chi connectivity index (χ2v) is 3.29. The lowest BCUT2D eigenvalue weighted by Gasteiger charge is -2.07. The van der Waals surface area contributed by atoms with E-state index in [1.54, 1.807) is 6.07 Å². The average Bonchev–Trinajstić information content (AvgIpc) is 2.74. The summed E-state index contributed by atoms with van der Waals surface area (Å²) >= 11 is 0. The Kier molecular flexibility index (Phi) is 3.17. The third-order valence-electron chi connectivity index (χ3n) is 2.09. The Morgan fingerprint density at radius 3 is 2.84 bits per heavy atom. The second-order valence-electron chi connectivity index (χ2n) is 3.29. The molecule has 0 amide bonds. The molecule has 0 radical (unpaired) electrons. The Labute approximate surface area is 102 Å². The zero-order chi connectivity index (χ0) is 14.0. The van der Waals surface area contributed by atoms with E-state index in [1.165, 1.54) is 0 Å². The molecular formula is C8H5F3N6O2. The van der Waals surface area contributed by atoms with Crippen LogP contribution >= 0.6 is 0 Å². The number of aromatic nitrogens is 5. The van der Waals surface area contributed by atoms with Gasteiger partial charge in [0, 0.05) is 0 Å². The summed E-state index contributed by atoms with van der Waals surface area (Å²) in [5.41, 5.74) is -0.909. The molecule has 100 valence electrons. The predicted octanol–water partition coefficient (Wildman–Crippen LogP) is -0.306. The first-order valence-electron chi connectivity index (χ1n) is 4.84. The van der Waals surface area contributed by atoms with Crippen LogP contribution < -0.4 is 5.69 Å². The molecule has 0 spiro atoms. The summed E-state index contributed by atoms with van der Waals surface area (Å²) in [5.74, 6) is 0. The molecule has 0 saturated heterocycles. The molecule has 0 aliphatic heterocycles. The first-order valence-corrected chi connectivity index (χ1v) is 4.84. The molecule has 0 aliphatic carbocycles. The van der Waals surface area contributed by atoms with Crippen LogP contribution in [0.4, 0.5) is 13.2 Å². The number of rotatable bonds is 3. The Bertz CT molecular complexity index is 697. The molecule has 2 rings (SSSR count). The zero-order valence-corrected chi connectivity index (χ0v) is 9.13. The van der Waals surface area contributed by atoms with Gasteiger partial charge in [0.15, 0.2) is 5.69 Å². The predicted molar refractivity (Wildman–Crippen MR) is 51.8 cm³/mol. The molecule has 2 heterocycles. The monoisotopic (exact) mass is 274 g/mol. The first-order chi connectivity index (χ1) is 8.92. The van der Waals surface area contributed by atoms with Crippen molar-refractivity contribution in [3.05, 3.63) is 22.5 Å². The van der Waals surface area contributed by atoms with Crippen molar-refractivity contribution < 1.29 is 17.9 Å². The van der Waals surface area contributed by atoms with Gasteiger partial charge in [0.25, 0.3) is 0 Å². The third kappa shape index (κ3) is 2.68. The topological polar surface area (TPSA) is 98.1 Å². The Morgan fingerprint density at radius 1 is 1.47 bits per heavy atom. The number of nitrogens with zero attached hydrogens (tertiary/aromatic N) is 6. The van der Waals surface area contributed by atoms with Crippen molar-refractivity contribution in [2.45, 2.75) is 12.9 Å². The minimum Gasteiger partial charge on any atom is -0.290 e. The van der Waals surface area contributed by atoms with Crippen LogP contribution in [0.2, 0.25) is 0 Å². The molecule has 0 N–H and O–H groups in total. The average molecular weight is 274 g/mol. The van der Waals surface area contributed by atoms with E-state index in [0.717, 1.165) is 10.7 Å². The van der Waals surface area contributed by atoms with Gasteiger partial charge in [0.05, 0.1) is 13.2 Å². The minimum absolute atomic E-state index is 0.0551. The van der Waals surface area contributed by atoms with Gasteiger partial charge in [-0.3, -0.25) is 4.74 Å². The van der Waals surface area contributed by atoms with Crippen molar-refractivity contribution in [2.24, 2.45) is 0 Å². The summed E-state index contributed by atoms with van der Waals surface area (Å²) in [5, 5.41) is 15.6. The first kappa shape index (κ1) is 13.0. The number of halogens is 3. The minimum atomic E-state index is -4.77. The van der Waals surface area contributed by atoms with E-state index in [-0.39, 0.29) is 11.3 Å². The van der Waals surface area contributed by atoms with E-state index < -0.39 is 25.2 Å². The Morgan fingerprint density at radius 2 is 2.21 bits per heavy atom. The number of ether oxygens (including phenoxy) is 1. The number of nitriles is 1. The second kappa shape index (κ2) is 4.65. The van der Waals surface area contributed by atoms with Crippen LogP contribution in [0.3, 0.4) is 0 Å². The molecular weight excluding hydrogens is 269 g/mol. The molecule has 0 atom stereocenters. The number of alkyl halides is 3. The van der Waals surface area contributed by atoms with Crippen LogP contribution in [0.1, 0.15) is 5.69 Å². The lowest BCUT2D eigenvalue weighted by Crippen LogP contribution is -2.32. The van der Waals surface area contributed by atoms with Crippen LogP contribution in [0.5, 0.6) is 0 Å². The summed E-state index contributed by atoms with van der Waals surface area (Å²) in [6, 6.07) is 1.70. The molecule has 19 heavy (non-hydrogen) atoms. The van der Waals surface area contributed by atoms with E-state index in [4.69, 9.17) is 5.26 Å². The number of hydrogen-bond donors (Lipinski definition) is 0. The Hall–Kier alpha value is -2.48. The quantitative estimate of drug-likeness (QED) is 0.761. The van der Waals surface area contributed by atoms with Crippen molar-refractivity contribution in [1.82, 2.24) is 24.4 Å². The summed E-state index contributed by atoms with van der Waals surface area (Å²) in [6.07, 6.45) is -3.73. The highest BCUT2D eigenvalue weighted by molar-refractivity contribution is 5.49. The van der Waals surface area contributed by atoms with Crippen LogP contribution in [0.25, 0.3) is 5.65 Å². The summed E-state index contributed by atoms with van der Waals surface area (Å²) in [7, 11) is 0. The van der Waals surface area contributed by atoms with E-state index in [2.05, 4.69) is 20.0 Å². The molecule has 8 nitrogen and oxygen atoms in total. The lowest BCUT2D eigenvalue weighted by molar-refractivity contribution is -0.325. The highest BCUT2D eigenvalue weighted by Crippen LogP contribution is 2.15. The molecule has 0 fully saturated rings. The van der Waals surface area contributed by atoms with Crippen LogP contribution in [0.15, 0.2) is 11.1 Å². The fraction of sp³-hybridized carbons (Fsp3) is 0.375. The summed E-state index contributed by atoms with van der Waals surface area (Å²) in [6.45, 7) is -1.20. The molecule has 0 aromatic carbocycles. The van der Waals surface area contributed by atoms with Gasteiger partial charge in [-0.1, -0.05) is 5.21 Å². The number of fused-ring (bicyclic) bond motifs is 1. The van der Waals surface area contributed by atoms with Gasteiger partial charge in [-0.25, -0.2) is 14.2 Å². The van der Waals surface area contributed by atoms with Crippen LogP contribution in [-0.2, 0) is 11.3 Å². The maximum absolute atomic E-state index is 11.8. The summed E-state index contributed by atoms with van der Waals surface area (Å²) < 4.78 is 40.4. The number of imidazole rings is 1. The third-order valence-corrected chi connectivity index (χ3v) is 2.09. The van der Waals surface area contributed by atoms with E-state index >= 15 is 0 Å². The van der Waals surface area contributed by atoms with Crippen molar-refractivity contribution in [2.75, 3.05) is 6.61 Å². The molecule has 2 aromatic heterocycles. The van der Waals surface area contributed by atoms with Crippen LogP contribution in [-0.4, -0.2) is 37.3 Å². The van der Waals surface area contributed by atoms with Crippen molar-refractivity contribution in [3.8, 4) is 6.07 Å². The molecule has 0 bridgehead atoms. The van der Waals surface area contributed by atoms with Gasteiger partial charge >= 0.3 is 12.1 Å². The van der Waals surface area contributed by atoms with Gasteiger partial charge in [-0.05, 0) is 0 Å². The smallest absolute Gasteiger partial charge is 0.290 e. The van der Waals surface area contributed by atoms with Gasteiger partial charge < -0.3 is 0 Å². The van der Waals surface area contributed by atoms with Crippen molar-refractivity contribution in [1.29, 1.82) is 5.26 Å². The van der Waals surface area contributed by atoms with Crippen LogP contribution in [0, 0.1) is 11.3 Å². The van der Waals surface area contributed by atoms with E-state index in [0.29, 0.717) is 4.68 Å².